The van der Waals surface area contributed by atoms with Gasteiger partial charge in [0.05, 0.1) is 5.92 Å². The van der Waals surface area contributed by atoms with Crippen LogP contribution in [0.5, 0.6) is 0 Å². The van der Waals surface area contributed by atoms with Gasteiger partial charge in [-0.05, 0) is 42.5 Å². The zero-order chi connectivity index (χ0) is 18.0. The van der Waals surface area contributed by atoms with E-state index in [0.29, 0.717) is 39.3 Å². The smallest absolute Gasteiger partial charge is 0.252 e. The highest BCUT2D eigenvalue weighted by Gasteiger charge is 2.33. The van der Waals surface area contributed by atoms with Gasteiger partial charge in [0.25, 0.3) is 10.0 Å². The minimum absolute atomic E-state index is 0.167. The van der Waals surface area contributed by atoms with Crippen LogP contribution >= 0.6 is 34.5 Å². The number of nitrogens with one attached hydrogen (secondary N) is 1. The zero-order valence-corrected chi connectivity index (χ0v) is 16.3. The van der Waals surface area contributed by atoms with Crippen LogP contribution < -0.4 is 5.32 Å². The molecule has 0 aliphatic carbocycles. The molecule has 1 amide bonds. The maximum Gasteiger partial charge on any atom is 0.252 e. The normalized spacial score (nSPS) is 18.9. The van der Waals surface area contributed by atoms with Gasteiger partial charge in [0, 0.05) is 28.8 Å². The average molecular weight is 419 g/mol. The first-order valence-corrected chi connectivity index (χ1v) is 10.7. The molecule has 134 valence electrons. The lowest BCUT2D eigenvalue weighted by molar-refractivity contribution is -0.120. The summed E-state index contributed by atoms with van der Waals surface area (Å²) < 4.78 is 27.0. The van der Waals surface area contributed by atoms with E-state index >= 15 is 0 Å². The second kappa shape index (κ2) is 7.63. The van der Waals surface area contributed by atoms with E-state index in [9.17, 15) is 13.2 Å². The van der Waals surface area contributed by atoms with Gasteiger partial charge in [-0.3, -0.25) is 4.79 Å². The lowest BCUT2D eigenvalue weighted by atomic mass is 9.99. The van der Waals surface area contributed by atoms with Crippen LogP contribution in [0.2, 0.25) is 10.0 Å². The molecule has 0 spiro atoms. The number of nitrogens with zero attached hydrogens (tertiary/aromatic N) is 1. The third kappa shape index (κ3) is 4.35. The fourth-order valence-corrected chi connectivity index (χ4v) is 5.98. The molecule has 0 unspecified atom stereocenters. The third-order valence-electron chi connectivity index (χ3n) is 3.97. The van der Waals surface area contributed by atoms with E-state index in [-0.39, 0.29) is 12.5 Å². The van der Waals surface area contributed by atoms with E-state index in [1.54, 1.807) is 35.7 Å². The molecule has 3 rings (SSSR count). The highest BCUT2D eigenvalue weighted by atomic mass is 35.5. The highest BCUT2D eigenvalue weighted by Crippen LogP contribution is 2.28. The van der Waals surface area contributed by atoms with E-state index in [2.05, 4.69) is 5.32 Å². The van der Waals surface area contributed by atoms with E-state index < -0.39 is 15.9 Å². The number of anilines is 1. The van der Waals surface area contributed by atoms with Gasteiger partial charge < -0.3 is 5.32 Å². The maximum atomic E-state index is 12.6. The fourth-order valence-electron chi connectivity index (χ4n) is 2.78. The second-order valence-corrected chi connectivity index (χ2v) is 9.77. The molecule has 0 radical (unpaired) electrons. The van der Waals surface area contributed by atoms with Gasteiger partial charge in [-0.2, -0.15) is 4.31 Å². The molecule has 1 N–H and O–H groups in total. The molecule has 1 saturated heterocycles. The highest BCUT2D eigenvalue weighted by molar-refractivity contribution is 7.91. The Morgan fingerprint density at radius 3 is 2.60 bits per heavy atom. The van der Waals surface area contributed by atoms with Crippen LogP contribution in [0.4, 0.5) is 5.69 Å². The summed E-state index contributed by atoms with van der Waals surface area (Å²) in [7, 11) is -3.54. The number of rotatable bonds is 4. The first kappa shape index (κ1) is 18.7. The number of thiophene rings is 1. The van der Waals surface area contributed by atoms with Gasteiger partial charge in [-0.15, -0.1) is 11.3 Å². The predicted molar refractivity (Wildman–Crippen MR) is 101 cm³/mol. The number of hydrogen-bond acceptors (Lipinski definition) is 4. The van der Waals surface area contributed by atoms with Gasteiger partial charge >= 0.3 is 0 Å². The van der Waals surface area contributed by atoms with Crippen molar-refractivity contribution in [2.45, 2.75) is 17.1 Å². The summed E-state index contributed by atoms with van der Waals surface area (Å²) in [5, 5.41) is 5.35. The fraction of sp³-hybridized carbons (Fsp3) is 0.312. The Labute approximate surface area is 160 Å². The molecule has 0 saturated carbocycles. The minimum atomic E-state index is -3.54. The van der Waals surface area contributed by atoms with E-state index in [0.717, 1.165) is 0 Å². The van der Waals surface area contributed by atoms with Crippen LogP contribution in [0.25, 0.3) is 0 Å². The lowest BCUT2D eigenvalue weighted by Gasteiger charge is -2.30. The molecule has 2 heterocycles. The van der Waals surface area contributed by atoms with Crippen molar-refractivity contribution >= 4 is 56.2 Å². The number of carbonyl (C=O) groups excluding carboxylic acids is 1. The SMILES string of the molecule is O=C(Nc1cc(Cl)cc(Cl)c1)[C@@H]1CCCN(S(=O)(=O)c2cccs2)C1. The van der Waals surface area contributed by atoms with Crippen molar-refractivity contribution < 1.29 is 13.2 Å². The number of sulfonamides is 1. The van der Waals surface area contributed by atoms with Crippen molar-refractivity contribution in [2.24, 2.45) is 5.92 Å². The van der Waals surface area contributed by atoms with Crippen molar-refractivity contribution in [3.8, 4) is 0 Å². The molecule has 1 aromatic carbocycles. The molecule has 25 heavy (non-hydrogen) atoms. The molecule has 9 heteroatoms. The summed E-state index contributed by atoms with van der Waals surface area (Å²) in [4.78, 5) is 12.5. The molecule has 1 fully saturated rings. The number of carbonyl (C=O) groups is 1. The Bertz CT molecular complexity index is 849. The number of amides is 1. The Hall–Kier alpha value is -1.12. The summed E-state index contributed by atoms with van der Waals surface area (Å²) >= 11 is 13.1. The molecule has 1 aromatic heterocycles. The molecule has 2 aromatic rings. The summed E-state index contributed by atoms with van der Waals surface area (Å²) in [6, 6.07) is 8.07. The van der Waals surface area contributed by atoms with Crippen molar-refractivity contribution in [3.05, 3.63) is 45.8 Å². The lowest BCUT2D eigenvalue weighted by Crippen LogP contribution is -2.43. The van der Waals surface area contributed by atoms with Crippen molar-refractivity contribution in [1.29, 1.82) is 0 Å². The molecule has 0 bridgehead atoms. The molecular weight excluding hydrogens is 403 g/mol. The molecular formula is C16H16Cl2N2O3S2. The van der Waals surface area contributed by atoms with Crippen molar-refractivity contribution in [1.82, 2.24) is 4.31 Å². The summed E-state index contributed by atoms with van der Waals surface area (Å²) in [5.41, 5.74) is 0.501. The van der Waals surface area contributed by atoms with Crippen LogP contribution in [0.3, 0.4) is 0 Å². The quantitative estimate of drug-likeness (QED) is 0.812. The first-order chi connectivity index (χ1) is 11.9. The van der Waals surface area contributed by atoms with Gasteiger partial charge in [-0.25, -0.2) is 8.42 Å². The van der Waals surface area contributed by atoms with Gasteiger partial charge in [0.2, 0.25) is 5.91 Å². The Kier molecular flexibility index (Phi) is 5.70. The van der Waals surface area contributed by atoms with Crippen LogP contribution in [0.15, 0.2) is 39.9 Å². The van der Waals surface area contributed by atoms with Gasteiger partial charge in [0.15, 0.2) is 0 Å². The zero-order valence-electron chi connectivity index (χ0n) is 13.1. The standard InChI is InChI=1S/C16H16Cl2N2O3S2/c17-12-7-13(18)9-14(8-12)19-16(21)11-3-1-5-20(10-11)25(22,23)15-4-2-6-24-15/h2,4,6-9,11H,1,3,5,10H2,(H,19,21)/t11-/m1/s1. The Morgan fingerprint density at radius 2 is 1.96 bits per heavy atom. The van der Waals surface area contributed by atoms with Crippen LogP contribution in [-0.2, 0) is 14.8 Å². The van der Waals surface area contributed by atoms with E-state index in [1.807, 2.05) is 0 Å². The van der Waals surface area contributed by atoms with E-state index in [1.165, 1.54) is 15.6 Å². The molecule has 1 atom stereocenters. The van der Waals surface area contributed by atoms with Crippen LogP contribution in [-0.4, -0.2) is 31.7 Å². The molecule has 1 aliphatic rings. The topological polar surface area (TPSA) is 66.5 Å². The minimum Gasteiger partial charge on any atom is -0.326 e. The number of benzene rings is 1. The molecule has 1 aliphatic heterocycles. The van der Waals surface area contributed by atoms with Crippen molar-refractivity contribution in [2.75, 3.05) is 18.4 Å². The Balaban J connectivity index is 1.71. The average Bonchev–Trinajstić information content (AvgIpc) is 3.09. The first-order valence-electron chi connectivity index (χ1n) is 7.67. The number of piperidine rings is 1. The Morgan fingerprint density at radius 1 is 1.24 bits per heavy atom. The van der Waals surface area contributed by atoms with E-state index in [4.69, 9.17) is 23.2 Å². The van der Waals surface area contributed by atoms with Crippen LogP contribution in [0, 0.1) is 5.92 Å². The third-order valence-corrected chi connectivity index (χ3v) is 7.65. The summed E-state index contributed by atoms with van der Waals surface area (Å²) in [6.07, 6.45) is 1.27. The van der Waals surface area contributed by atoms with Crippen LogP contribution in [0.1, 0.15) is 12.8 Å². The van der Waals surface area contributed by atoms with Gasteiger partial charge in [0.1, 0.15) is 4.21 Å². The number of hydrogen-bond donors (Lipinski definition) is 1. The maximum absolute atomic E-state index is 12.6. The summed E-state index contributed by atoms with van der Waals surface area (Å²) in [5.74, 6) is -0.648. The second-order valence-electron chi connectivity index (χ2n) is 5.78. The van der Waals surface area contributed by atoms with Crippen molar-refractivity contribution in [3.63, 3.8) is 0 Å². The van der Waals surface area contributed by atoms with Gasteiger partial charge in [-0.1, -0.05) is 29.3 Å². The molecule has 5 nitrogen and oxygen atoms in total. The largest absolute Gasteiger partial charge is 0.326 e. The number of halogens is 2. The summed E-state index contributed by atoms with van der Waals surface area (Å²) in [6.45, 7) is 0.591. The predicted octanol–water partition coefficient (Wildman–Crippen LogP) is 4.09. The monoisotopic (exact) mass is 418 g/mol.